The van der Waals surface area contributed by atoms with Gasteiger partial charge in [0.15, 0.2) is 0 Å². The molecule has 0 bridgehead atoms. The molecule has 2 aliphatic rings. The molecule has 1 atom stereocenters. The predicted octanol–water partition coefficient (Wildman–Crippen LogP) is 2.11. The van der Waals surface area contributed by atoms with Crippen LogP contribution in [-0.4, -0.2) is 47.3 Å². The quantitative estimate of drug-likeness (QED) is 0.860. The zero-order chi connectivity index (χ0) is 16.1. The van der Waals surface area contributed by atoms with Gasteiger partial charge in [0.1, 0.15) is 11.4 Å². The Morgan fingerprint density at radius 1 is 1.36 bits per heavy atom. The highest BCUT2D eigenvalue weighted by Gasteiger charge is 2.59. The Morgan fingerprint density at radius 2 is 2.05 bits per heavy atom. The third-order valence-corrected chi connectivity index (χ3v) is 4.60. The first-order valence-corrected chi connectivity index (χ1v) is 7.66. The van der Waals surface area contributed by atoms with E-state index in [2.05, 4.69) is 16.8 Å². The summed E-state index contributed by atoms with van der Waals surface area (Å²) in [6.07, 6.45) is 1.60. The molecule has 0 aromatic carbocycles. The van der Waals surface area contributed by atoms with Crippen molar-refractivity contribution in [3.63, 3.8) is 0 Å². The number of likely N-dealkylation sites (tertiary alicyclic amines) is 1. The molecule has 6 nitrogen and oxygen atoms in total. The minimum Gasteiger partial charge on any atom is -0.444 e. The Bertz CT molecular complexity index is 573. The largest absolute Gasteiger partial charge is 0.444 e. The van der Waals surface area contributed by atoms with Gasteiger partial charge in [0.2, 0.25) is 0 Å². The highest BCUT2D eigenvalue weighted by atomic mass is 16.6. The van der Waals surface area contributed by atoms with Crippen molar-refractivity contribution in [2.75, 3.05) is 30.3 Å². The Kier molecular flexibility index (Phi) is 3.23. The van der Waals surface area contributed by atoms with Crippen LogP contribution in [0.4, 0.5) is 16.3 Å². The van der Waals surface area contributed by atoms with Gasteiger partial charge in [0, 0.05) is 31.1 Å². The van der Waals surface area contributed by atoms with Crippen molar-refractivity contribution in [1.82, 2.24) is 9.88 Å². The first-order valence-electron chi connectivity index (χ1n) is 7.66. The number of nitrogen functional groups attached to an aromatic ring is 1. The number of nitrogens with two attached hydrogens (primary N) is 1. The average molecular weight is 304 g/mol. The van der Waals surface area contributed by atoms with Crippen LogP contribution in [0.25, 0.3) is 0 Å². The predicted molar refractivity (Wildman–Crippen MR) is 85.7 cm³/mol. The second-order valence-corrected chi connectivity index (χ2v) is 7.44. The topological polar surface area (TPSA) is 71.7 Å². The molecule has 2 aliphatic heterocycles. The molecule has 120 valence electrons. The Hall–Kier alpha value is -1.98. The number of ether oxygens (including phenoxy) is 1. The molecule has 0 radical (unpaired) electrons. The zero-order valence-corrected chi connectivity index (χ0v) is 13.7. The number of hydrogen-bond acceptors (Lipinski definition) is 5. The van der Waals surface area contributed by atoms with Crippen LogP contribution in [-0.2, 0) is 4.74 Å². The summed E-state index contributed by atoms with van der Waals surface area (Å²) in [4.78, 5) is 20.3. The van der Waals surface area contributed by atoms with E-state index < -0.39 is 5.60 Å². The van der Waals surface area contributed by atoms with Gasteiger partial charge in [-0.1, -0.05) is 0 Å². The normalized spacial score (nSPS) is 23.0. The maximum absolute atomic E-state index is 12.0. The molecule has 3 rings (SSSR count). The fraction of sp³-hybridized carbons (Fsp3) is 0.625. The summed E-state index contributed by atoms with van der Waals surface area (Å²) in [7, 11) is 0. The average Bonchev–Trinajstić information content (AvgIpc) is 2.35. The molecule has 0 aliphatic carbocycles. The molecular formula is C16H24N4O2. The summed E-state index contributed by atoms with van der Waals surface area (Å²) in [5.74, 6) is 0.534. The second kappa shape index (κ2) is 4.76. The van der Waals surface area contributed by atoms with Crippen molar-refractivity contribution in [3.8, 4) is 0 Å². The Balaban J connectivity index is 1.57. The fourth-order valence-electron chi connectivity index (χ4n) is 3.24. The van der Waals surface area contributed by atoms with E-state index in [-0.39, 0.29) is 11.5 Å². The van der Waals surface area contributed by atoms with E-state index in [0.29, 0.717) is 11.9 Å². The summed E-state index contributed by atoms with van der Waals surface area (Å²) in [5, 5.41) is 0. The molecule has 1 unspecified atom stereocenters. The van der Waals surface area contributed by atoms with Crippen molar-refractivity contribution >= 4 is 17.6 Å². The zero-order valence-electron chi connectivity index (χ0n) is 13.7. The first-order chi connectivity index (χ1) is 10.2. The molecule has 2 saturated heterocycles. The van der Waals surface area contributed by atoms with Crippen molar-refractivity contribution in [1.29, 1.82) is 0 Å². The van der Waals surface area contributed by atoms with Crippen molar-refractivity contribution in [2.24, 2.45) is 5.41 Å². The van der Waals surface area contributed by atoms with E-state index in [1.54, 1.807) is 4.90 Å². The number of nitrogens with zero attached hydrogens (tertiary/aromatic N) is 3. The highest BCUT2D eigenvalue weighted by Crippen LogP contribution is 2.47. The highest BCUT2D eigenvalue weighted by molar-refractivity contribution is 5.70. The molecule has 22 heavy (non-hydrogen) atoms. The first kappa shape index (κ1) is 14.9. The number of carbonyl (C=O) groups is 1. The molecule has 1 amide bonds. The van der Waals surface area contributed by atoms with Gasteiger partial charge in [-0.2, -0.15) is 0 Å². The van der Waals surface area contributed by atoms with Crippen molar-refractivity contribution in [3.05, 3.63) is 18.3 Å². The lowest BCUT2D eigenvalue weighted by atomic mass is 9.66. The molecular weight excluding hydrogens is 280 g/mol. The van der Waals surface area contributed by atoms with Crippen LogP contribution in [0, 0.1) is 5.41 Å². The van der Waals surface area contributed by atoms with Crippen LogP contribution >= 0.6 is 0 Å². The van der Waals surface area contributed by atoms with Gasteiger partial charge in [-0.25, -0.2) is 9.78 Å². The van der Waals surface area contributed by atoms with E-state index in [4.69, 9.17) is 10.5 Å². The van der Waals surface area contributed by atoms with Gasteiger partial charge in [0.25, 0.3) is 0 Å². The van der Waals surface area contributed by atoms with Gasteiger partial charge >= 0.3 is 6.09 Å². The Morgan fingerprint density at radius 3 is 2.55 bits per heavy atom. The molecule has 0 saturated carbocycles. The number of rotatable bonds is 1. The maximum atomic E-state index is 12.0. The summed E-state index contributed by atoms with van der Waals surface area (Å²) in [5.41, 5.74) is 6.47. The van der Waals surface area contributed by atoms with Crippen LogP contribution < -0.4 is 10.6 Å². The fourth-order valence-corrected chi connectivity index (χ4v) is 3.24. The minimum atomic E-state index is -0.438. The second-order valence-electron chi connectivity index (χ2n) is 7.44. The molecule has 1 spiro atoms. The number of anilines is 2. The summed E-state index contributed by atoms with van der Waals surface area (Å²) < 4.78 is 5.41. The van der Waals surface area contributed by atoms with Crippen LogP contribution in [0.3, 0.4) is 0 Å². The van der Waals surface area contributed by atoms with Crippen LogP contribution in [0.15, 0.2) is 18.3 Å². The molecule has 2 N–H and O–H groups in total. The molecule has 1 aromatic rings. The molecule has 2 fully saturated rings. The van der Waals surface area contributed by atoms with Crippen molar-refractivity contribution in [2.45, 2.75) is 39.3 Å². The van der Waals surface area contributed by atoms with Gasteiger partial charge < -0.3 is 20.3 Å². The summed E-state index contributed by atoms with van der Waals surface area (Å²) >= 11 is 0. The summed E-state index contributed by atoms with van der Waals surface area (Å²) in [6, 6.07) is 4.20. The Labute approximate surface area is 131 Å². The number of carbonyl (C=O) groups excluding carboxylic acids is 1. The lowest BCUT2D eigenvalue weighted by Crippen LogP contribution is -2.77. The maximum Gasteiger partial charge on any atom is 0.410 e. The van der Waals surface area contributed by atoms with E-state index in [1.165, 1.54) is 0 Å². The summed E-state index contributed by atoms with van der Waals surface area (Å²) in [6.45, 7) is 10.3. The molecule has 6 heteroatoms. The third-order valence-electron chi connectivity index (χ3n) is 4.60. The number of aromatic nitrogens is 1. The van der Waals surface area contributed by atoms with Crippen LogP contribution in [0.1, 0.15) is 27.7 Å². The lowest BCUT2D eigenvalue weighted by Gasteiger charge is -2.65. The lowest BCUT2D eigenvalue weighted by molar-refractivity contribution is -0.0642. The standard InChI is InChI=1S/C16H24N4O2/c1-11-16(8-19(9-16)14(21)22-15(2,3)4)10-20(11)12-5-6-13(17)18-7-12/h5-7,11H,8-10H2,1-4H3,(H2,17,18). The molecule has 3 heterocycles. The van der Waals surface area contributed by atoms with E-state index >= 15 is 0 Å². The van der Waals surface area contributed by atoms with Gasteiger partial charge in [-0.15, -0.1) is 0 Å². The van der Waals surface area contributed by atoms with Crippen LogP contribution in [0.5, 0.6) is 0 Å². The van der Waals surface area contributed by atoms with E-state index in [0.717, 1.165) is 25.3 Å². The van der Waals surface area contributed by atoms with Crippen molar-refractivity contribution < 1.29 is 9.53 Å². The SMILES string of the molecule is CC1N(c2ccc(N)nc2)CC12CN(C(=O)OC(C)(C)C)C2. The number of pyridine rings is 1. The number of amides is 1. The third kappa shape index (κ3) is 2.46. The smallest absolute Gasteiger partial charge is 0.410 e. The van der Waals surface area contributed by atoms with E-state index in [9.17, 15) is 4.79 Å². The number of hydrogen-bond donors (Lipinski definition) is 1. The minimum absolute atomic E-state index is 0.193. The van der Waals surface area contributed by atoms with Gasteiger partial charge in [-0.3, -0.25) is 0 Å². The molecule has 1 aromatic heterocycles. The van der Waals surface area contributed by atoms with E-state index in [1.807, 2.05) is 39.1 Å². The van der Waals surface area contributed by atoms with Gasteiger partial charge in [0.05, 0.1) is 11.9 Å². The van der Waals surface area contributed by atoms with Gasteiger partial charge in [-0.05, 0) is 39.8 Å². The van der Waals surface area contributed by atoms with Crippen LogP contribution in [0.2, 0.25) is 0 Å². The monoisotopic (exact) mass is 304 g/mol.